The highest BCUT2D eigenvalue weighted by Crippen LogP contribution is 2.26. The van der Waals surface area contributed by atoms with Crippen LogP contribution in [0.25, 0.3) is 0 Å². The molecular formula is C22H17F6N3O7. The van der Waals surface area contributed by atoms with Crippen molar-refractivity contribution in [2.75, 3.05) is 18.5 Å². The van der Waals surface area contributed by atoms with Crippen LogP contribution in [0.5, 0.6) is 5.75 Å². The predicted octanol–water partition coefficient (Wildman–Crippen LogP) is 1.57. The van der Waals surface area contributed by atoms with Gasteiger partial charge < -0.3 is 25.8 Å². The third-order valence-electron chi connectivity index (χ3n) is 4.62. The van der Waals surface area contributed by atoms with Gasteiger partial charge in [0.25, 0.3) is 0 Å². The van der Waals surface area contributed by atoms with Crippen molar-refractivity contribution in [3.8, 4) is 5.75 Å². The molecule has 3 amide bonds. The molecule has 2 aromatic carbocycles. The highest BCUT2D eigenvalue weighted by molar-refractivity contribution is 6.39. The first-order chi connectivity index (χ1) is 17.8. The molecule has 204 valence electrons. The second-order valence-corrected chi connectivity index (χ2v) is 7.34. The summed E-state index contributed by atoms with van der Waals surface area (Å²) in [6.45, 7) is -2.24. The van der Waals surface area contributed by atoms with E-state index in [1.54, 1.807) is 10.6 Å². The summed E-state index contributed by atoms with van der Waals surface area (Å²) >= 11 is 0. The number of hydrogen-bond donors (Lipinski definition) is 4. The Labute approximate surface area is 208 Å². The number of carbonyl (C=O) groups is 5. The van der Waals surface area contributed by atoms with E-state index in [0.717, 1.165) is 18.2 Å². The van der Waals surface area contributed by atoms with E-state index >= 15 is 0 Å². The average molecular weight is 549 g/mol. The van der Waals surface area contributed by atoms with Gasteiger partial charge in [0.2, 0.25) is 17.5 Å². The lowest BCUT2D eigenvalue weighted by Crippen LogP contribution is -2.48. The van der Waals surface area contributed by atoms with Crippen LogP contribution in [0.3, 0.4) is 0 Å². The molecule has 0 fully saturated rings. The lowest BCUT2D eigenvalue weighted by atomic mass is 10.1. The Morgan fingerprint density at radius 1 is 0.868 bits per heavy atom. The molecule has 2 aromatic rings. The number of ketones is 1. The van der Waals surface area contributed by atoms with E-state index in [1.165, 1.54) is 0 Å². The van der Waals surface area contributed by atoms with E-state index < -0.39 is 108 Å². The van der Waals surface area contributed by atoms with Crippen molar-refractivity contribution in [2.45, 2.75) is 18.9 Å². The first kappa shape index (κ1) is 29.6. The molecule has 0 saturated heterocycles. The fourth-order valence-electron chi connectivity index (χ4n) is 2.78. The van der Waals surface area contributed by atoms with Gasteiger partial charge in [-0.1, -0.05) is 6.07 Å². The van der Waals surface area contributed by atoms with E-state index in [-0.39, 0.29) is 6.07 Å². The molecule has 0 bridgehead atoms. The topological polar surface area (TPSA) is 151 Å². The maximum atomic E-state index is 13.7. The molecule has 2 rings (SSSR count). The summed E-state index contributed by atoms with van der Waals surface area (Å²) in [7, 11) is 0. The number of ether oxygens (including phenoxy) is 1. The number of carboxylic acids is 1. The molecule has 0 saturated carbocycles. The molecule has 0 aliphatic heterocycles. The minimum Gasteiger partial charge on any atom is -0.481 e. The number of para-hydroxylation sites is 1. The Morgan fingerprint density at radius 2 is 1.45 bits per heavy atom. The molecule has 1 unspecified atom stereocenters. The van der Waals surface area contributed by atoms with Crippen LogP contribution in [0.1, 0.15) is 12.8 Å². The number of nitrogens with one attached hydrogen (secondary N) is 3. The number of hydrogen-bond acceptors (Lipinski definition) is 6. The van der Waals surface area contributed by atoms with E-state index in [4.69, 9.17) is 5.11 Å². The summed E-state index contributed by atoms with van der Waals surface area (Å²) in [6.07, 6.45) is -1.27. The van der Waals surface area contributed by atoms with E-state index in [9.17, 15) is 50.3 Å². The summed E-state index contributed by atoms with van der Waals surface area (Å²) in [5, 5.41) is 14.3. The van der Waals surface area contributed by atoms with E-state index in [1.807, 2.05) is 5.32 Å². The molecule has 0 aliphatic carbocycles. The lowest BCUT2D eigenvalue weighted by Gasteiger charge is -2.18. The van der Waals surface area contributed by atoms with Gasteiger partial charge in [-0.05, 0) is 18.6 Å². The second-order valence-electron chi connectivity index (χ2n) is 7.34. The van der Waals surface area contributed by atoms with E-state index in [2.05, 4.69) is 4.74 Å². The van der Waals surface area contributed by atoms with Crippen molar-refractivity contribution in [2.24, 2.45) is 0 Å². The first-order valence-electron chi connectivity index (χ1n) is 10.3. The maximum Gasteiger partial charge on any atom is 0.313 e. The third kappa shape index (κ3) is 7.94. The standard InChI is InChI=1S/C22H17F6N3O7/c23-9-2-1-3-10(24)19(9)31-22(37)21(36)29-7-15(33)30-13(4-5-16(34)35)14(32)8-38-20-17(27)11(25)6-12(26)18(20)28/h1-3,6,13H,4-5,7-8H2,(H,29,36)(H,30,33)(H,31,37)(H,34,35). The Morgan fingerprint density at radius 3 is 2.00 bits per heavy atom. The van der Waals surface area contributed by atoms with Crippen LogP contribution in [0, 0.1) is 34.9 Å². The van der Waals surface area contributed by atoms with Gasteiger partial charge >= 0.3 is 17.8 Å². The molecule has 38 heavy (non-hydrogen) atoms. The Balaban J connectivity index is 1.99. The number of anilines is 1. The third-order valence-corrected chi connectivity index (χ3v) is 4.62. The van der Waals surface area contributed by atoms with Gasteiger partial charge in [0.1, 0.15) is 23.9 Å². The molecule has 1 atom stereocenters. The van der Waals surface area contributed by atoms with Gasteiger partial charge in [0, 0.05) is 12.5 Å². The Hall–Kier alpha value is -4.63. The smallest absolute Gasteiger partial charge is 0.313 e. The monoisotopic (exact) mass is 549 g/mol. The Kier molecular flexibility index (Phi) is 10.2. The lowest BCUT2D eigenvalue weighted by molar-refractivity contribution is -0.138. The number of benzene rings is 2. The quantitative estimate of drug-likeness (QED) is 0.189. The van der Waals surface area contributed by atoms with Crippen molar-refractivity contribution in [3.63, 3.8) is 0 Å². The maximum absolute atomic E-state index is 13.7. The predicted molar refractivity (Wildman–Crippen MR) is 114 cm³/mol. The molecule has 10 nitrogen and oxygen atoms in total. The minimum absolute atomic E-state index is 0.101. The number of carboxylic acid groups (broad SMARTS) is 1. The normalized spacial score (nSPS) is 11.3. The number of amides is 3. The van der Waals surface area contributed by atoms with Gasteiger partial charge in [-0.2, -0.15) is 8.78 Å². The zero-order valence-corrected chi connectivity index (χ0v) is 18.9. The molecule has 0 radical (unpaired) electrons. The van der Waals surface area contributed by atoms with Crippen LogP contribution < -0.4 is 20.7 Å². The van der Waals surface area contributed by atoms with Crippen LogP contribution in [-0.4, -0.2) is 53.8 Å². The number of Topliss-reactive ketones (excluding diaryl/α,β-unsaturated/α-hetero) is 1. The number of rotatable bonds is 11. The van der Waals surface area contributed by atoms with Crippen LogP contribution in [-0.2, 0) is 24.0 Å². The van der Waals surface area contributed by atoms with Gasteiger partial charge in [-0.25, -0.2) is 17.6 Å². The van der Waals surface area contributed by atoms with Crippen LogP contribution in [0.15, 0.2) is 24.3 Å². The largest absolute Gasteiger partial charge is 0.481 e. The second kappa shape index (κ2) is 13.1. The van der Waals surface area contributed by atoms with Crippen LogP contribution in [0.2, 0.25) is 0 Å². The van der Waals surface area contributed by atoms with Gasteiger partial charge in [-0.15, -0.1) is 0 Å². The highest BCUT2D eigenvalue weighted by atomic mass is 19.2. The Bertz CT molecular complexity index is 1230. The zero-order chi connectivity index (χ0) is 28.6. The van der Waals surface area contributed by atoms with Gasteiger partial charge in [0.15, 0.2) is 23.2 Å². The summed E-state index contributed by atoms with van der Waals surface area (Å²) < 4.78 is 85.6. The van der Waals surface area contributed by atoms with Crippen molar-refractivity contribution >= 4 is 35.2 Å². The fourth-order valence-corrected chi connectivity index (χ4v) is 2.78. The van der Waals surface area contributed by atoms with Crippen molar-refractivity contribution in [1.29, 1.82) is 0 Å². The molecule has 0 aromatic heterocycles. The SMILES string of the molecule is O=C(O)CCC(NC(=O)CNC(=O)C(=O)Nc1c(F)cccc1F)C(=O)COc1c(F)c(F)cc(F)c1F. The first-order valence-corrected chi connectivity index (χ1v) is 10.3. The minimum atomic E-state index is -1.95. The summed E-state index contributed by atoms with van der Waals surface area (Å²) in [4.78, 5) is 59.0. The van der Waals surface area contributed by atoms with Gasteiger partial charge in [0.05, 0.1) is 12.6 Å². The summed E-state index contributed by atoms with van der Waals surface area (Å²) in [6, 6.07) is 0.824. The van der Waals surface area contributed by atoms with Crippen molar-refractivity contribution in [3.05, 3.63) is 59.2 Å². The van der Waals surface area contributed by atoms with Crippen molar-refractivity contribution in [1.82, 2.24) is 10.6 Å². The molecule has 16 heteroatoms. The highest BCUT2D eigenvalue weighted by Gasteiger charge is 2.26. The van der Waals surface area contributed by atoms with E-state index in [0.29, 0.717) is 0 Å². The zero-order valence-electron chi connectivity index (χ0n) is 18.9. The molecular weight excluding hydrogens is 532 g/mol. The van der Waals surface area contributed by atoms with Gasteiger partial charge in [-0.3, -0.25) is 24.0 Å². The molecule has 0 aliphatic rings. The number of carbonyl (C=O) groups excluding carboxylic acids is 4. The molecule has 4 N–H and O–H groups in total. The summed E-state index contributed by atoms with van der Waals surface area (Å²) in [5.41, 5.74) is -0.928. The van der Waals surface area contributed by atoms with Crippen LogP contribution in [0.4, 0.5) is 32.0 Å². The fraction of sp³-hybridized carbons (Fsp3) is 0.227. The van der Waals surface area contributed by atoms with Crippen LogP contribution >= 0.6 is 0 Å². The number of halogens is 6. The van der Waals surface area contributed by atoms with Crippen molar-refractivity contribution < 1.29 is 60.2 Å². The average Bonchev–Trinajstić information content (AvgIpc) is 2.85. The molecule has 0 spiro atoms. The number of aliphatic carboxylic acids is 1. The summed E-state index contributed by atoms with van der Waals surface area (Å²) in [5.74, 6) is -18.3. The molecule has 0 heterocycles.